The minimum absolute atomic E-state index is 0.396. The van der Waals surface area contributed by atoms with Crippen LogP contribution in [0.4, 0.5) is 0 Å². The van der Waals surface area contributed by atoms with Crippen LogP contribution in [-0.2, 0) is 9.53 Å². The van der Waals surface area contributed by atoms with E-state index in [1.165, 1.54) is 0 Å². The monoisotopic (exact) mass is 241 g/mol. The van der Waals surface area contributed by atoms with Gasteiger partial charge in [-0.3, -0.25) is 0 Å². The predicted molar refractivity (Wildman–Crippen MR) is 70.2 cm³/mol. The minimum atomic E-state index is -0.540. The summed E-state index contributed by atoms with van der Waals surface area (Å²) in [6.45, 7) is 5.31. The normalized spacial score (nSPS) is 11.1. The van der Waals surface area contributed by atoms with Gasteiger partial charge in [0.25, 0.3) is 0 Å². The highest BCUT2D eigenvalue weighted by Gasteiger charge is 2.12. The Kier molecular flexibility index (Phi) is 5.40. The predicted octanol–water partition coefficient (Wildman–Crippen LogP) is 3.45. The first-order valence-electron chi connectivity index (χ1n) is 5.75. The Morgan fingerprint density at radius 1 is 1.44 bits per heavy atom. The Hall–Kier alpha value is -2.34. The molecule has 0 fully saturated rings. The topological polar surface area (TPSA) is 50.1 Å². The number of allylic oxidation sites excluding steroid dienone is 2. The van der Waals surface area contributed by atoms with Crippen LogP contribution in [-0.4, -0.2) is 5.97 Å². The van der Waals surface area contributed by atoms with Gasteiger partial charge in [0.15, 0.2) is 0 Å². The third-order valence-corrected chi connectivity index (χ3v) is 2.32. The summed E-state index contributed by atoms with van der Waals surface area (Å²) in [5, 5.41) is 9.24. The minimum Gasteiger partial charge on any atom is -0.426 e. The maximum Gasteiger partial charge on any atom is 0.335 e. The fourth-order valence-corrected chi connectivity index (χ4v) is 1.51. The van der Waals surface area contributed by atoms with Crippen molar-refractivity contribution >= 4 is 11.5 Å². The molecule has 1 aromatic carbocycles. The van der Waals surface area contributed by atoms with E-state index < -0.39 is 5.97 Å². The average molecular weight is 241 g/mol. The lowest BCUT2D eigenvalue weighted by molar-refractivity contribution is -0.133. The summed E-state index contributed by atoms with van der Waals surface area (Å²) in [6.07, 6.45) is 2.42. The Bertz CT molecular complexity index is 495. The molecule has 0 atom stereocenters. The van der Waals surface area contributed by atoms with Gasteiger partial charge in [-0.2, -0.15) is 5.26 Å². The molecule has 0 saturated carbocycles. The highest BCUT2D eigenvalue weighted by atomic mass is 16.5. The number of esters is 1. The van der Waals surface area contributed by atoms with Crippen LogP contribution < -0.4 is 0 Å². The molecule has 0 aliphatic heterocycles. The molecule has 0 heterocycles. The van der Waals surface area contributed by atoms with Gasteiger partial charge in [-0.15, -0.1) is 0 Å². The van der Waals surface area contributed by atoms with Crippen LogP contribution in [0.3, 0.4) is 0 Å². The number of nitrogens with zero attached hydrogens (tertiary/aromatic N) is 1. The lowest BCUT2D eigenvalue weighted by atomic mass is 10.0. The third-order valence-electron chi connectivity index (χ3n) is 2.32. The molecule has 92 valence electrons. The quantitative estimate of drug-likeness (QED) is 0.343. The summed E-state index contributed by atoms with van der Waals surface area (Å²) < 4.78 is 5.15. The number of benzene rings is 1. The van der Waals surface area contributed by atoms with Gasteiger partial charge in [0.1, 0.15) is 11.8 Å². The Morgan fingerprint density at radius 2 is 2.11 bits per heavy atom. The number of carbonyl (C=O) groups is 1. The standard InChI is InChI=1S/C15H15NO2/c1-3-8-14(18-15(17)4-2)13(11-16)12-9-6-5-7-10-12/h4-7,9-10H,2-3,8H2,1H3. The van der Waals surface area contributed by atoms with E-state index in [0.717, 1.165) is 18.1 Å². The maximum absolute atomic E-state index is 11.3. The Balaban J connectivity index is 3.18. The van der Waals surface area contributed by atoms with Crippen molar-refractivity contribution in [3.8, 4) is 6.07 Å². The number of ether oxygens (including phenoxy) is 1. The number of nitriles is 1. The Morgan fingerprint density at radius 3 is 2.61 bits per heavy atom. The zero-order valence-electron chi connectivity index (χ0n) is 10.3. The van der Waals surface area contributed by atoms with Crippen molar-refractivity contribution in [1.29, 1.82) is 5.26 Å². The van der Waals surface area contributed by atoms with Gasteiger partial charge in [-0.05, 0) is 12.0 Å². The van der Waals surface area contributed by atoms with Gasteiger partial charge in [0, 0.05) is 12.5 Å². The van der Waals surface area contributed by atoms with Crippen LogP contribution >= 0.6 is 0 Å². The molecule has 0 saturated heterocycles. The van der Waals surface area contributed by atoms with Gasteiger partial charge in [0.2, 0.25) is 0 Å². The van der Waals surface area contributed by atoms with Crippen molar-refractivity contribution in [3.05, 3.63) is 54.3 Å². The molecule has 0 bridgehead atoms. The van der Waals surface area contributed by atoms with Crippen LogP contribution in [0.15, 0.2) is 48.7 Å². The molecule has 0 radical (unpaired) electrons. The van der Waals surface area contributed by atoms with Crippen LogP contribution in [0.1, 0.15) is 25.3 Å². The molecule has 0 N–H and O–H groups in total. The lowest BCUT2D eigenvalue weighted by Gasteiger charge is -2.09. The molecule has 1 rings (SSSR count). The second-order valence-electron chi connectivity index (χ2n) is 3.65. The van der Waals surface area contributed by atoms with Gasteiger partial charge in [0.05, 0.1) is 5.57 Å². The molecule has 0 amide bonds. The highest BCUT2D eigenvalue weighted by molar-refractivity contribution is 5.85. The van der Waals surface area contributed by atoms with Crippen LogP contribution in [0, 0.1) is 11.3 Å². The molecule has 0 aliphatic carbocycles. The zero-order valence-corrected chi connectivity index (χ0v) is 10.3. The van der Waals surface area contributed by atoms with E-state index in [1.54, 1.807) is 0 Å². The summed E-state index contributed by atoms with van der Waals surface area (Å²) in [4.78, 5) is 11.3. The molecule has 18 heavy (non-hydrogen) atoms. The summed E-state index contributed by atoms with van der Waals surface area (Å²) in [5.41, 5.74) is 1.15. The summed E-state index contributed by atoms with van der Waals surface area (Å²) in [5.74, 6) is -0.141. The van der Waals surface area contributed by atoms with Crippen molar-refractivity contribution < 1.29 is 9.53 Å². The average Bonchev–Trinajstić information content (AvgIpc) is 2.41. The van der Waals surface area contributed by atoms with Crippen molar-refractivity contribution in [2.24, 2.45) is 0 Å². The zero-order chi connectivity index (χ0) is 13.4. The molecular weight excluding hydrogens is 226 g/mol. The largest absolute Gasteiger partial charge is 0.426 e. The summed E-state index contributed by atoms with van der Waals surface area (Å²) >= 11 is 0. The van der Waals surface area contributed by atoms with E-state index in [9.17, 15) is 10.1 Å². The first kappa shape index (κ1) is 13.7. The molecule has 1 aromatic rings. The number of carbonyl (C=O) groups excluding carboxylic acids is 1. The summed E-state index contributed by atoms with van der Waals surface area (Å²) in [6, 6.07) is 11.3. The van der Waals surface area contributed by atoms with Gasteiger partial charge in [-0.25, -0.2) is 4.79 Å². The van der Waals surface area contributed by atoms with Gasteiger partial charge in [-0.1, -0.05) is 43.8 Å². The molecule has 0 spiro atoms. The molecule has 0 unspecified atom stereocenters. The molecule has 0 aliphatic rings. The third kappa shape index (κ3) is 3.60. The van der Waals surface area contributed by atoms with Crippen LogP contribution in [0.2, 0.25) is 0 Å². The first-order valence-corrected chi connectivity index (χ1v) is 5.75. The first-order chi connectivity index (χ1) is 8.72. The van der Waals surface area contributed by atoms with Crippen molar-refractivity contribution in [2.45, 2.75) is 19.8 Å². The van der Waals surface area contributed by atoms with E-state index in [-0.39, 0.29) is 0 Å². The molecular formula is C15H15NO2. The van der Waals surface area contributed by atoms with Gasteiger partial charge < -0.3 is 4.74 Å². The second-order valence-corrected chi connectivity index (χ2v) is 3.65. The fourth-order valence-electron chi connectivity index (χ4n) is 1.51. The number of rotatable bonds is 5. The molecule has 3 nitrogen and oxygen atoms in total. The Labute approximate surface area is 107 Å². The highest BCUT2D eigenvalue weighted by Crippen LogP contribution is 2.22. The molecule has 3 heteroatoms. The number of hydrogen-bond donors (Lipinski definition) is 0. The van der Waals surface area contributed by atoms with Crippen LogP contribution in [0.5, 0.6) is 0 Å². The fraction of sp³-hybridized carbons (Fsp3) is 0.200. The van der Waals surface area contributed by atoms with Crippen molar-refractivity contribution in [1.82, 2.24) is 0 Å². The van der Waals surface area contributed by atoms with Crippen molar-refractivity contribution in [2.75, 3.05) is 0 Å². The lowest BCUT2D eigenvalue weighted by Crippen LogP contribution is -2.03. The van der Waals surface area contributed by atoms with E-state index in [2.05, 4.69) is 12.6 Å². The maximum atomic E-state index is 11.3. The second kappa shape index (κ2) is 7.08. The van der Waals surface area contributed by atoms with E-state index in [1.807, 2.05) is 37.3 Å². The van der Waals surface area contributed by atoms with E-state index >= 15 is 0 Å². The van der Waals surface area contributed by atoms with E-state index in [0.29, 0.717) is 17.8 Å². The van der Waals surface area contributed by atoms with Crippen LogP contribution in [0.25, 0.3) is 5.57 Å². The van der Waals surface area contributed by atoms with Crippen molar-refractivity contribution in [3.63, 3.8) is 0 Å². The smallest absolute Gasteiger partial charge is 0.335 e. The number of hydrogen-bond acceptors (Lipinski definition) is 3. The SMILES string of the molecule is C=CC(=O)OC(CCC)=C(C#N)c1ccccc1. The molecule has 0 aromatic heterocycles. The van der Waals surface area contributed by atoms with Gasteiger partial charge >= 0.3 is 5.97 Å². The van der Waals surface area contributed by atoms with E-state index in [4.69, 9.17) is 4.74 Å². The summed E-state index contributed by atoms with van der Waals surface area (Å²) in [7, 11) is 0.